The van der Waals surface area contributed by atoms with Crippen molar-refractivity contribution >= 4 is 16.6 Å². The highest BCUT2D eigenvalue weighted by molar-refractivity contribution is 5.85. The van der Waals surface area contributed by atoms with Gasteiger partial charge in [-0.15, -0.1) is 0 Å². The van der Waals surface area contributed by atoms with E-state index in [-0.39, 0.29) is 11.9 Å². The van der Waals surface area contributed by atoms with Crippen LogP contribution in [0.2, 0.25) is 0 Å². The third kappa shape index (κ3) is 4.99. The number of nitrogens with zero attached hydrogens (tertiary/aromatic N) is 2. The van der Waals surface area contributed by atoms with Gasteiger partial charge in [0.05, 0.1) is 18.6 Å². The molecule has 8 heteroatoms. The van der Waals surface area contributed by atoms with E-state index in [2.05, 4.69) is 22.1 Å². The number of aromatic amines is 1. The van der Waals surface area contributed by atoms with Crippen LogP contribution in [0.25, 0.3) is 10.9 Å². The van der Waals surface area contributed by atoms with E-state index in [0.29, 0.717) is 12.5 Å². The van der Waals surface area contributed by atoms with Gasteiger partial charge in [0.1, 0.15) is 12.4 Å². The van der Waals surface area contributed by atoms with Crippen LogP contribution < -0.4 is 5.32 Å². The van der Waals surface area contributed by atoms with E-state index in [9.17, 15) is 18.3 Å². The number of benzene rings is 2. The molecular weight excluding hydrogens is 465 g/mol. The van der Waals surface area contributed by atoms with E-state index in [1.807, 2.05) is 31.2 Å². The molecule has 3 aromatic rings. The molecule has 2 aliphatic heterocycles. The van der Waals surface area contributed by atoms with Crippen LogP contribution in [0.3, 0.4) is 0 Å². The van der Waals surface area contributed by atoms with Crippen molar-refractivity contribution in [3.8, 4) is 0 Å². The van der Waals surface area contributed by atoms with Crippen molar-refractivity contribution in [3.63, 3.8) is 0 Å². The fourth-order valence-corrected chi connectivity index (χ4v) is 5.67. The Balaban J connectivity index is 1.43. The van der Waals surface area contributed by atoms with Crippen molar-refractivity contribution in [2.45, 2.75) is 57.2 Å². The molecule has 0 saturated carbocycles. The number of fused-ring (bicyclic) bond motifs is 3. The van der Waals surface area contributed by atoms with Gasteiger partial charge in [0.25, 0.3) is 5.92 Å². The summed E-state index contributed by atoms with van der Waals surface area (Å²) in [4.78, 5) is 7.59. The second-order valence-corrected chi connectivity index (χ2v) is 10.4. The second-order valence-electron chi connectivity index (χ2n) is 10.4. The van der Waals surface area contributed by atoms with Crippen molar-refractivity contribution in [1.29, 1.82) is 0 Å². The van der Waals surface area contributed by atoms with Gasteiger partial charge in [-0.05, 0) is 67.8 Å². The van der Waals surface area contributed by atoms with Gasteiger partial charge in [-0.3, -0.25) is 9.80 Å². The van der Waals surface area contributed by atoms with E-state index in [4.69, 9.17) is 0 Å². The first-order valence-corrected chi connectivity index (χ1v) is 12.9. The van der Waals surface area contributed by atoms with E-state index in [1.165, 1.54) is 25.0 Å². The van der Waals surface area contributed by atoms with Crippen LogP contribution in [0.4, 0.5) is 18.9 Å². The SMILES string of the molecule is CCCCN1CC(Nc2ccc([C@@H]3c4[nH]c5ccc(F)cc5c4C[C@@H](C)N3CC(F)(F)CO)cc2)C1. The third-order valence-electron chi connectivity index (χ3n) is 7.60. The Kier molecular flexibility index (Phi) is 7.03. The van der Waals surface area contributed by atoms with Crippen LogP contribution in [0.1, 0.15) is 49.6 Å². The number of aromatic nitrogens is 1. The fourth-order valence-electron chi connectivity index (χ4n) is 5.67. The lowest BCUT2D eigenvalue weighted by molar-refractivity contribution is -0.0864. The van der Waals surface area contributed by atoms with Gasteiger partial charge >= 0.3 is 0 Å². The summed E-state index contributed by atoms with van der Waals surface area (Å²) < 4.78 is 42.9. The zero-order chi connectivity index (χ0) is 25.4. The number of rotatable bonds is 9. The maximum absolute atomic E-state index is 14.4. The summed E-state index contributed by atoms with van der Waals surface area (Å²) in [6, 6.07) is 12.3. The Morgan fingerprint density at radius 3 is 2.58 bits per heavy atom. The number of halogens is 3. The van der Waals surface area contributed by atoms with Crippen molar-refractivity contribution < 1.29 is 18.3 Å². The van der Waals surface area contributed by atoms with Crippen molar-refractivity contribution in [2.24, 2.45) is 0 Å². The first-order valence-electron chi connectivity index (χ1n) is 12.9. The number of aliphatic hydroxyl groups is 1. The van der Waals surface area contributed by atoms with E-state index in [0.717, 1.165) is 53.0 Å². The first-order chi connectivity index (χ1) is 17.3. The Morgan fingerprint density at radius 2 is 1.89 bits per heavy atom. The molecule has 2 aliphatic rings. The average Bonchev–Trinajstić information content (AvgIpc) is 3.18. The quantitative estimate of drug-likeness (QED) is 0.380. The number of anilines is 1. The zero-order valence-corrected chi connectivity index (χ0v) is 20.9. The molecule has 1 fully saturated rings. The molecule has 1 saturated heterocycles. The Hall–Kier alpha value is -2.55. The van der Waals surface area contributed by atoms with Crippen LogP contribution in [-0.2, 0) is 6.42 Å². The molecule has 0 amide bonds. The van der Waals surface area contributed by atoms with Crippen LogP contribution in [0.5, 0.6) is 0 Å². The number of alkyl halides is 2. The maximum Gasteiger partial charge on any atom is 0.283 e. The summed E-state index contributed by atoms with van der Waals surface area (Å²) in [7, 11) is 0. The van der Waals surface area contributed by atoms with E-state index in [1.54, 1.807) is 11.0 Å². The summed E-state index contributed by atoms with van der Waals surface area (Å²) in [5, 5.41) is 13.7. The monoisotopic (exact) mass is 500 g/mol. The highest BCUT2D eigenvalue weighted by Crippen LogP contribution is 2.42. The summed E-state index contributed by atoms with van der Waals surface area (Å²) in [6.45, 7) is 5.55. The molecule has 5 nitrogen and oxygen atoms in total. The van der Waals surface area contributed by atoms with Gasteiger partial charge in [-0.1, -0.05) is 25.5 Å². The number of unbranched alkanes of at least 4 members (excludes halogenated alkanes) is 1. The Morgan fingerprint density at radius 1 is 1.14 bits per heavy atom. The molecule has 0 aliphatic carbocycles. The minimum Gasteiger partial charge on any atom is -0.390 e. The summed E-state index contributed by atoms with van der Waals surface area (Å²) >= 11 is 0. The molecule has 1 aromatic heterocycles. The lowest BCUT2D eigenvalue weighted by atomic mass is 9.88. The lowest BCUT2D eigenvalue weighted by Crippen LogP contribution is -2.54. The second kappa shape index (κ2) is 10.1. The van der Waals surface area contributed by atoms with Crippen LogP contribution in [-0.4, -0.2) is 70.7 Å². The highest BCUT2D eigenvalue weighted by atomic mass is 19.3. The predicted molar refractivity (Wildman–Crippen MR) is 137 cm³/mol. The van der Waals surface area contributed by atoms with Crippen molar-refractivity contribution in [3.05, 3.63) is 65.1 Å². The lowest BCUT2D eigenvalue weighted by Gasteiger charge is -2.42. The molecule has 0 radical (unpaired) electrons. The van der Waals surface area contributed by atoms with Crippen molar-refractivity contribution in [2.75, 3.05) is 38.1 Å². The number of H-pyrrole nitrogens is 1. The summed E-state index contributed by atoms with van der Waals surface area (Å²) in [5.41, 5.74) is 4.47. The molecule has 3 N–H and O–H groups in total. The number of hydrogen-bond acceptors (Lipinski definition) is 4. The molecule has 0 bridgehead atoms. The van der Waals surface area contributed by atoms with Crippen LogP contribution >= 0.6 is 0 Å². The minimum atomic E-state index is -3.22. The van der Waals surface area contributed by atoms with E-state index >= 15 is 0 Å². The number of hydrogen-bond donors (Lipinski definition) is 3. The molecule has 2 aromatic carbocycles. The van der Waals surface area contributed by atoms with Gasteiger partial charge in [0, 0.05) is 41.4 Å². The third-order valence-corrected chi connectivity index (χ3v) is 7.60. The smallest absolute Gasteiger partial charge is 0.283 e. The summed E-state index contributed by atoms with van der Waals surface area (Å²) in [5.74, 6) is -3.54. The fraction of sp³-hybridized carbons (Fsp3) is 0.500. The normalized spacial score (nSPS) is 21.5. The highest BCUT2D eigenvalue weighted by Gasteiger charge is 2.41. The Labute approximate surface area is 210 Å². The molecular formula is C28H35F3N4O. The first kappa shape index (κ1) is 25.1. The maximum atomic E-state index is 14.4. The van der Waals surface area contributed by atoms with E-state index < -0.39 is 25.1 Å². The standard InChI is InChI=1S/C28H35F3N4O/c1-3-4-11-34-14-22(15-34)32-21-8-5-19(6-9-21)27-26-24(23-13-20(29)7-10-25(23)33-26)12-18(2)35(27)16-28(30,31)17-36/h5-10,13,18,22,27,32-33,36H,3-4,11-12,14-17H2,1-2H3/t18-,27-/m1/s1. The molecule has 5 rings (SSSR count). The number of nitrogens with one attached hydrogen (secondary N) is 2. The largest absolute Gasteiger partial charge is 0.390 e. The van der Waals surface area contributed by atoms with Crippen LogP contribution in [0.15, 0.2) is 42.5 Å². The molecule has 194 valence electrons. The van der Waals surface area contributed by atoms with Gasteiger partial charge < -0.3 is 15.4 Å². The topological polar surface area (TPSA) is 54.5 Å². The van der Waals surface area contributed by atoms with Crippen molar-refractivity contribution in [1.82, 2.24) is 14.8 Å². The number of likely N-dealkylation sites (tertiary alicyclic amines) is 1. The molecule has 36 heavy (non-hydrogen) atoms. The minimum absolute atomic E-state index is 0.218. The van der Waals surface area contributed by atoms with Gasteiger partial charge in [-0.2, -0.15) is 0 Å². The molecule has 0 unspecified atom stereocenters. The van der Waals surface area contributed by atoms with Gasteiger partial charge in [0.2, 0.25) is 0 Å². The van der Waals surface area contributed by atoms with Gasteiger partial charge in [0.15, 0.2) is 0 Å². The molecule has 2 atom stereocenters. The zero-order valence-electron chi connectivity index (χ0n) is 20.9. The predicted octanol–water partition coefficient (Wildman–Crippen LogP) is 5.17. The average molecular weight is 501 g/mol. The Bertz CT molecular complexity index is 1190. The molecule has 3 heterocycles. The molecule has 0 spiro atoms. The number of aliphatic hydroxyl groups excluding tert-OH is 1. The van der Waals surface area contributed by atoms with Gasteiger partial charge in [-0.25, -0.2) is 13.2 Å². The summed E-state index contributed by atoms with van der Waals surface area (Å²) in [6.07, 6.45) is 2.94. The van der Waals surface area contributed by atoms with Crippen LogP contribution in [0, 0.1) is 5.82 Å².